The number of methoxy groups -OCH3 is 1. The van der Waals surface area contributed by atoms with E-state index in [0.717, 1.165) is 6.07 Å². The van der Waals surface area contributed by atoms with Crippen LogP contribution in [0.1, 0.15) is 11.1 Å². The lowest BCUT2D eigenvalue weighted by atomic mass is 10.0. The molecule has 0 aliphatic carbocycles. The zero-order valence-corrected chi connectivity index (χ0v) is 11.3. The van der Waals surface area contributed by atoms with Gasteiger partial charge in [-0.1, -0.05) is 18.2 Å². The number of halogens is 3. The zero-order chi connectivity index (χ0) is 15.4. The molecular weight excluding hydrogens is 281 g/mol. The third kappa shape index (κ3) is 3.62. The van der Waals surface area contributed by atoms with Gasteiger partial charge in [0.25, 0.3) is 0 Å². The highest BCUT2D eigenvalue weighted by Gasteiger charge is 2.13. The largest absolute Gasteiger partial charge is 0.494 e. The van der Waals surface area contributed by atoms with Crippen LogP contribution in [-0.4, -0.2) is 12.9 Å². The van der Waals surface area contributed by atoms with E-state index in [4.69, 9.17) is 4.74 Å². The molecule has 0 heterocycles. The van der Waals surface area contributed by atoms with Crippen LogP contribution < -0.4 is 4.74 Å². The summed E-state index contributed by atoms with van der Waals surface area (Å²) in [6.45, 7) is 0. The predicted octanol–water partition coefficient (Wildman–Crippen LogP) is 3.47. The summed E-state index contributed by atoms with van der Waals surface area (Å²) >= 11 is 0. The molecular formula is C16H13F3O2. The molecule has 2 nitrogen and oxygen atoms in total. The van der Waals surface area contributed by atoms with E-state index in [1.54, 1.807) is 6.07 Å². The van der Waals surface area contributed by atoms with Gasteiger partial charge in [-0.15, -0.1) is 0 Å². The molecule has 0 aromatic heterocycles. The Labute approximate surface area is 120 Å². The normalized spacial score (nSPS) is 10.5. The van der Waals surface area contributed by atoms with E-state index < -0.39 is 17.5 Å². The molecule has 2 aromatic rings. The molecule has 0 radical (unpaired) electrons. The number of ether oxygens (including phenoxy) is 1. The van der Waals surface area contributed by atoms with Crippen molar-refractivity contribution in [2.75, 3.05) is 7.11 Å². The average Bonchev–Trinajstić information content (AvgIpc) is 2.44. The maximum atomic E-state index is 13.5. The quantitative estimate of drug-likeness (QED) is 0.844. The van der Waals surface area contributed by atoms with Crippen molar-refractivity contribution < 1.29 is 22.7 Å². The zero-order valence-electron chi connectivity index (χ0n) is 11.3. The van der Waals surface area contributed by atoms with Gasteiger partial charge in [0, 0.05) is 12.8 Å². The molecule has 2 rings (SSSR count). The minimum atomic E-state index is -1.02. The van der Waals surface area contributed by atoms with Gasteiger partial charge in [0.1, 0.15) is 5.78 Å². The van der Waals surface area contributed by atoms with E-state index in [-0.39, 0.29) is 29.9 Å². The molecule has 0 amide bonds. The molecule has 0 spiro atoms. The van der Waals surface area contributed by atoms with Crippen LogP contribution in [0.2, 0.25) is 0 Å². The molecule has 0 atom stereocenters. The van der Waals surface area contributed by atoms with Crippen LogP contribution in [0.3, 0.4) is 0 Å². The van der Waals surface area contributed by atoms with Crippen molar-refractivity contribution in [2.24, 2.45) is 0 Å². The Morgan fingerprint density at radius 2 is 1.81 bits per heavy atom. The van der Waals surface area contributed by atoms with Crippen molar-refractivity contribution in [1.82, 2.24) is 0 Å². The number of carbonyl (C=O) groups excluding carboxylic acids is 1. The minimum absolute atomic E-state index is 0.00557. The van der Waals surface area contributed by atoms with E-state index in [1.165, 1.54) is 31.4 Å². The second-order valence-corrected chi connectivity index (χ2v) is 4.57. The summed E-state index contributed by atoms with van der Waals surface area (Å²) in [7, 11) is 1.34. The third-order valence-electron chi connectivity index (χ3n) is 3.04. The van der Waals surface area contributed by atoms with Crippen molar-refractivity contribution in [3.05, 3.63) is 65.0 Å². The summed E-state index contributed by atoms with van der Waals surface area (Å²) in [5.74, 6) is -2.83. The topological polar surface area (TPSA) is 26.3 Å². The average molecular weight is 294 g/mol. The van der Waals surface area contributed by atoms with Crippen LogP contribution in [-0.2, 0) is 17.6 Å². The highest BCUT2D eigenvalue weighted by molar-refractivity contribution is 5.83. The van der Waals surface area contributed by atoms with Crippen LogP contribution in [0.5, 0.6) is 5.75 Å². The summed E-state index contributed by atoms with van der Waals surface area (Å²) in [6.07, 6.45) is -0.298. The molecule has 0 bridgehead atoms. The Balaban J connectivity index is 2.08. The second-order valence-electron chi connectivity index (χ2n) is 4.57. The first-order valence-corrected chi connectivity index (χ1v) is 6.28. The molecule has 110 valence electrons. The Morgan fingerprint density at radius 3 is 2.48 bits per heavy atom. The Kier molecular flexibility index (Phi) is 4.62. The van der Waals surface area contributed by atoms with Crippen molar-refractivity contribution >= 4 is 5.78 Å². The number of rotatable bonds is 5. The highest BCUT2D eigenvalue weighted by Crippen LogP contribution is 2.19. The van der Waals surface area contributed by atoms with E-state index >= 15 is 0 Å². The van der Waals surface area contributed by atoms with Crippen LogP contribution in [0.25, 0.3) is 0 Å². The van der Waals surface area contributed by atoms with Crippen molar-refractivity contribution in [3.8, 4) is 5.75 Å². The van der Waals surface area contributed by atoms with Gasteiger partial charge in [-0.2, -0.15) is 0 Å². The fourth-order valence-electron chi connectivity index (χ4n) is 2.01. The van der Waals surface area contributed by atoms with Gasteiger partial charge in [-0.3, -0.25) is 4.79 Å². The van der Waals surface area contributed by atoms with Crippen molar-refractivity contribution in [2.45, 2.75) is 12.8 Å². The number of benzene rings is 2. The molecule has 0 saturated heterocycles. The standard InChI is InChI=1S/C16H13F3O2/c1-21-15-6-5-10(8-14(15)18)7-12(20)9-11-3-2-4-13(17)16(11)19/h2-6,8H,7,9H2,1H3. The molecule has 2 aromatic carbocycles. The second kappa shape index (κ2) is 6.43. The number of carbonyl (C=O) groups is 1. The predicted molar refractivity (Wildman–Crippen MR) is 71.7 cm³/mol. The molecule has 0 unspecified atom stereocenters. The fraction of sp³-hybridized carbons (Fsp3) is 0.188. The summed E-state index contributed by atoms with van der Waals surface area (Å²) < 4.78 is 44.8. The van der Waals surface area contributed by atoms with Gasteiger partial charge in [0.05, 0.1) is 7.11 Å². The monoisotopic (exact) mass is 294 g/mol. The van der Waals surface area contributed by atoms with Crippen molar-refractivity contribution in [1.29, 1.82) is 0 Å². The maximum absolute atomic E-state index is 13.5. The molecule has 0 N–H and O–H groups in total. The van der Waals surface area contributed by atoms with Gasteiger partial charge in [-0.05, 0) is 29.3 Å². The maximum Gasteiger partial charge on any atom is 0.165 e. The smallest absolute Gasteiger partial charge is 0.165 e. The molecule has 5 heteroatoms. The van der Waals surface area contributed by atoms with Crippen LogP contribution in [0, 0.1) is 17.5 Å². The van der Waals surface area contributed by atoms with Gasteiger partial charge >= 0.3 is 0 Å². The number of hydrogen-bond donors (Lipinski definition) is 0. The summed E-state index contributed by atoms with van der Waals surface area (Å²) in [6, 6.07) is 7.85. The van der Waals surface area contributed by atoms with Gasteiger partial charge in [-0.25, -0.2) is 13.2 Å². The molecule has 0 saturated carbocycles. The van der Waals surface area contributed by atoms with E-state index in [2.05, 4.69) is 0 Å². The number of ketones is 1. The highest BCUT2D eigenvalue weighted by atomic mass is 19.2. The molecule has 0 fully saturated rings. The summed E-state index contributed by atoms with van der Waals surface area (Å²) in [4.78, 5) is 11.9. The Bertz CT molecular complexity index is 669. The molecule has 0 aliphatic rings. The first kappa shape index (κ1) is 15.1. The van der Waals surface area contributed by atoms with E-state index in [9.17, 15) is 18.0 Å². The fourth-order valence-corrected chi connectivity index (χ4v) is 2.01. The number of Topliss-reactive ketones (excluding diaryl/α,β-unsaturated/α-hetero) is 1. The van der Waals surface area contributed by atoms with E-state index in [1.807, 2.05) is 0 Å². The first-order valence-electron chi connectivity index (χ1n) is 6.28. The SMILES string of the molecule is COc1ccc(CC(=O)Cc2cccc(F)c2F)cc1F. The summed E-state index contributed by atoms with van der Waals surface area (Å²) in [5, 5.41) is 0. The van der Waals surface area contributed by atoms with Crippen LogP contribution in [0.4, 0.5) is 13.2 Å². The first-order chi connectivity index (χ1) is 10.0. The lowest BCUT2D eigenvalue weighted by Crippen LogP contribution is -2.09. The third-order valence-corrected chi connectivity index (χ3v) is 3.04. The minimum Gasteiger partial charge on any atom is -0.494 e. The van der Waals surface area contributed by atoms with Gasteiger partial charge < -0.3 is 4.74 Å². The Morgan fingerprint density at radius 1 is 1.05 bits per heavy atom. The number of hydrogen-bond acceptors (Lipinski definition) is 2. The van der Waals surface area contributed by atoms with Gasteiger partial charge in [0.15, 0.2) is 23.2 Å². The lowest BCUT2D eigenvalue weighted by Gasteiger charge is -2.06. The lowest BCUT2D eigenvalue weighted by molar-refractivity contribution is -0.117. The Hall–Kier alpha value is -2.30. The summed E-state index contributed by atoms with van der Waals surface area (Å²) in [5.41, 5.74) is 0.448. The van der Waals surface area contributed by atoms with Crippen molar-refractivity contribution in [3.63, 3.8) is 0 Å². The molecule has 0 aliphatic heterocycles. The van der Waals surface area contributed by atoms with Gasteiger partial charge in [0.2, 0.25) is 0 Å². The van der Waals surface area contributed by atoms with Crippen LogP contribution >= 0.6 is 0 Å². The van der Waals surface area contributed by atoms with E-state index in [0.29, 0.717) is 5.56 Å². The molecule has 21 heavy (non-hydrogen) atoms. The van der Waals surface area contributed by atoms with Crippen LogP contribution in [0.15, 0.2) is 36.4 Å².